The maximum absolute atomic E-state index is 4.67. The van der Waals surface area contributed by atoms with E-state index in [-0.39, 0.29) is 36.4 Å². The number of hydrogen-bond donors (Lipinski definition) is 0. The van der Waals surface area contributed by atoms with Crippen molar-refractivity contribution in [1.29, 1.82) is 0 Å². The van der Waals surface area contributed by atoms with E-state index in [1.165, 1.54) is 99.1 Å². The van der Waals surface area contributed by atoms with Crippen LogP contribution in [0.4, 0.5) is 0 Å². The SMILES string of the molecule is CC1(C)c2ccccc2-c2c[c-]c(-c3nccc4ccccc34)cc21.CC1(C)c2ccccc2-c2c[c-]c(-c3nccc4ccccc34)cc21.CC1(C)c2ccccc2-c2c[c-]c(-c3nccc4ccccc34)cc21.[Ir+3]. The Kier molecular flexibility index (Phi) is 12.1. The van der Waals surface area contributed by atoms with Crippen LogP contribution in [0.3, 0.4) is 0 Å². The van der Waals surface area contributed by atoms with Crippen LogP contribution < -0.4 is 0 Å². The topological polar surface area (TPSA) is 38.7 Å². The largest absolute Gasteiger partial charge is 3.00 e. The second-order valence-corrected chi connectivity index (χ2v) is 21.7. The van der Waals surface area contributed by atoms with Crippen molar-refractivity contribution < 1.29 is 20.1 Å². The standard InChI is InChI=1S/3C24H18N.Ir/c3*1-24(2)21-10-6-5-9-19(21)20-12-11-17(15-22(20)24)23-18-8-4-3-7-16(18)13-14-25-23;/h3*3-10,12-15H,1-2H3;/q3*-1;+3. The van der Waals surface area contributed by atoms with Gasteiger partial charge in [0.15, 0.2) is 0 Å². The van der Waals surface area contributed by atoms with Crippen molar-refractivity contribution in [2.75, 3.05) is 0 Å². The number of fused-ring (bicyclic) bond motifs is 12. The van der Waals surface area contributed by atoms with Crippen molar-refractivity contribution in [2.45, 2.75) is 57.8 Å². The van der Waals surface area contributed by atoms with Gasteiger partial charge in [-0.05, 0) is 101 Å². The maximum Gasteiger partial charge on any atom is 3.00 e. The van der Waals surface area contributed by atoms with Gasteiger partial charge >= 0.3 is 20.1 Å². The number of rotatable bonds is 3. The van der Waals surface area contributed by atoms with Crippen LogP contribution in [0.5, 0.6) is 0 Å². The average molecular weight is 1150 g/mol. The fourth-order valence-corrected chi connectivity index (χ4v) is 12.3. The third-order valence-corrected chi connectivity index (χ3v) is 16.3. The summed E-state index contributed by atoms with van der Waals surface area (Å²) in [5.41, 5.74) is 22.3. The fourth-order valence-electron chi connectivity index (χ4n) is 12.3. The molecule has 0 saturated heterocycles. The molecule has 12 aromatic rings. The summed E-state index contributed by atoms with van der Waals surface area (Å²) in [5, 5.41) is 7.16. The van der Waals surface area contributed by atoms with Gasteiger partial charge in [0.25, 0.3) is 0 Å². The molecule has 0 fully saturated rings. The maximum atomic E-state index is 4.67. The van der Waals surface area contributed by atoms with Gasteiger partial charge in [-0.15, -0.1) is 88.0 Å². The minimum Gasteiger partial charge on any atom is -0.304 e. The molecule has 0 atom stereocenters. The molecule has 3 heterocycles. The zero-order chi connectivity index (χ0) is 51.1. The fraction of sp³-hybridized carbons (Fsp3) is 0.125. The Labute approximate surface area is 459 Å². The van der Waals surface area contributed by atoms with Crippen molar-refractivity contribution in [1.82, 2.24) is 15.0 Å². The van der Waals surface area contributed by atoms with Gasteiger partial charge in [0.1, 0.15) is 0 Å². The van der Waals surface area contributed by atoms with Crippen LogP contribution in [0.2, 0.25) is 0 Å². The molecule has 3 aliphatic rings. The molecule has 0 spiro atoms. The normalized spacial score (nSPS) is 14.1. The van der Waals surface area contributed by atoms with Gasteiger partial charge in [0.2, 0.25) is 0 Å². The van der Waals surface area contributed by atoms with Gasteiger partial charge in [-0.2, -0.15) is 0 Å². The van der Waals surface area contributed by atoms with E-state index >= 15 is 0 Å². The van der Waals surface area contributed by atoms with Gasteiger partial charge < -0.3 is 15.0 Å². The first-order valence-electron chi connectivity index (χ1n) is 26.0. The molecule has 9 aromatic carbocycles. The van der Waals surface area contributed by atoms with E-state index in [1.54, 1.807) is 0 Å². The number of hydrogen-bond acceptors (Lipinski definition) is 3. The Hall–Kier alpha value is -8.14. The number of nitrogens with zero attached hydrogens (tertiary/aromatic N) is 3. The summed E-state index contributed by atoms with van der Waals surface area (Å²) >= 11 is 0. The summed E-state index contributed by atoms with van der Waals surface area (Å²) in [6, 6.07) is 81.3. The van der Waals surface area contributed by atoms with E-state index in [0.29, 0.717) is 0 Å². The van der Waals surface area contributed by atoms with Crippen LogP contribution >= 0.6 is 0 Å². The van der Waals surface area contributed by atoms with Crippen LogP contribution in [0.1, 0.15) is 74.9 Å². The van der Waals surface area contributed by atoms with E-state index in [9.17, 15) is 0 Å². The number of aromatic nitrogens is 3. The predicted molar refractivity (Wildman–Crippen MR) is 311 cm³/mol. The molecule has 0 N–H and O–H groups in total. The zero-order valence-corrected chi connectivity index (χ0v) is 45.9. The number of pyridine rings is 3. The predicted octanol–water partition coefficient (Wildman–Crippen LogP) is 18.0. The van der Waals surface area contributed by atoms with Crippen LogP contribution in [0.15, 0.2) is 219 Å². The zero-order valence-electron chi connectivity index (χ0n) is 43.5. The minimum atomic E-state index is 0. The molecular weight excluding hydrogens is 1100 g/mol. The summed E-state index contributed by atoms with van der Waals surface area (Å²) in [6.07, 6.45) is 5.66. The van der Waals surface area contributed by atoms with Crippen LogP contribution in [0.25, 0.3) is 99.5 Å². The van der Waals surface area contributed by atoms with Gasteiger partial charge in [-0.3, -0.25) is 0 Å². The molecule has 15 rings (SSSR count). The third-order valence-electron chi connectivity index (χ3n) is 16.3. The van der Waals surface area contributed by atoms with Crippen molar-refractivity contribution in [3.63, 3.8) is 0 Å². The van der Waals surface area contributed by atoms with Crippen LogP contribution in [0, 0.1) is 18.2 Å². The van der Waals surface area contributed by atoms with E-state index in [0.717, 1.165) is 33.8 Å². The Morgan fingerprint density at radius 3 is 0.855 bits per heavy atom. The second kappa shape index (κ2) is 18.9. The Balaban J connectivity index is 0.000000114. The third kappa shape index (κ3) is 7.93. The Bertz CT molecular complexity index is 3790. The van der Waals surface area contributed by atoms with Crippen molar-refractivity contribution in [3.05, 3.63) is 270 Å². The molecule has 3 nitrogen and oxygen atoms in total. The van der Waals surface area contributed by atoms with Gasteiger partial charge in [-0.25, -0.2) is 0 Å². The molecule has 0 saturated carbocycles. The number of benzene rings is 9. The Morgan fingerprint density at radius 2 is 0.553 bits per heavy atom. The quantitative estimate of drug-likeness (QED) is 0.166. The molecule has 0 unspecified atom stereocenters. The average Bonchev–Trinajstić information content (AvgIpc) is 4.06. The van der Waals surface area contributed by atoms with E-state index in [4.69, 9.17) is 0 Å². The van der Waals surface area contributed by atoms with Crippen molar-refractivity contribution >= 4 is 32.3 Å². The first-order valence-corrected chi connectivity index (χ1v) is 26.0. The van der Waals surface area contributed by atoms with Gasteiger partial charge in [0, 0.05) is 18.6 Å². The minimum absolute atomic E-state index is 0. The first-order chi connectivity index (χ1) is 36.5. The van der Waals surface area contributed by atoms with Gasteiger partial charge in [0.05, 0.1) is 0 Å². The van der Waals surface area contributed by atoms with Crippen molar-refractivity contribution in [3.8, 4) is 67.2 Å². The van der Waals surface area contributed by atoms with Crippen LogP contribution in [-0.2, 0) is 36.4 Å². The molecule has 3 aliphatic carbocycles. The van der Waals surface area contributed by atoms with Gasteiger partial charge in [-0.1, -0.05) is 221 Å². The van der Waals surface area contributed by atoms with E-state index in [1.807, 2.05) is 18.6 Å². The second-order valence-electron chi connectivity index (χ2n) is 21.7. The Morgan fingerprint density at radius 1 is 0.289 bits per heavy atom. The first kappa shape index (κ1) is 48.8. The summed E-state index contributed by atoms with van der Waals surface area (Å²) in [7, 11) is 0. The monoisotopic (exact) mass is 1150 g/mol. The van der Waals surface area contributed by atoms with E-state index < -0.39 is 0 Å². The molecule has 3 aromatic heterocycles. The molecule has 4 heteroatoms. The molecule has 0 aliphatic heterocycles. The summed E-state index contributed by atoms with van der Waals surface area (Å²) in [4.78, 5) is 14.0. The van der Waals surface area contributed by atoms with Crippen LogP contribution in [-0.4, -0.2) is 15.0 Å². The molecule has 0 radical (unpaired) electrons. The molecule has 366 valence electrons. The summed E-state index contributed by atoms with van der Waals surface area (Å²) in [6.45, 7) is 13.8. The van der Waals surface area contributed by atoms with E-state index in [2.05, 4.69) is 275 Å². The summed E-state index contributed by atoms with van der Waals surface area (Å²) < 4.78 is 0. The summed E-state index contributed by atoms with van der Waals surface area (Å²) in [5.74, 6) is 0. The molecule has 0 amide bonds. The molecular formula is C72H54IrN3. The smallest absolute Gasteiger partial charge is 0.304 e. The van der Waals surface area contributed by atoms with Crippen molar-refractivity contribution in [2.24, 2.45) is 0 Å². The molecule has 0 bridgehead atoms. The molecule has 76 heavy (non-hydrogen) atoms.